The van der Waals surface area contributed by atoms with Crippen LogP contribution < -0.4 is 9.78 Å². The Balaban J connectivity index is 2.33. The molecule has 2 aromatic rings. The molecule has 6 heteroatoms. The van der Waals surface area contributed by atoms with Gasteiger partial charge in [-0.25, -0.2) is 0 Å². The minimum absolute atomic E-state index is 0.388. The highest BCUT2D eigenvalue weighted by Gasteiger charge is 2.34. The van der Waals surface area contributed by atoms with Crippen LogP contribution in [0.4, 0.5) is 8.78 Å². The predicted molar refractivity (Wildman–Crippen MR) is 67.5 cm³/mol. The van der Waals surface area contributed by atoms with Crippen molar-refractivity contribution in [3.8, 4) is 0 Å². The Labute approximate surface area is 117 Å². The SMILES string of the molecule is [O-]C(=N[n+]1ccccc1)C(F)(F)c1ccc(Br)cc1. The van der Waals surface area contributed by atoms with Crippen molar-refractivity contribution in [3.63, 3.8) is 0 Å². The zero-order valence-electron chi connectivity index (χ0n) is 9.63. The first-order valence-electron chi connectivity index (χ1n) is 5.37. The van der Waals surface area contributed by atoms with Gasteiger partial charge in [-0.2, -0.15) is 8.78 Å². The Hall–Kier alpha value is -1.82. The second-order valence-corrected chi connectivity index (χ2v) is 4.66. The second-order valence-electron chi connectivity index (χ2n) is 3.74. The van der Waals surface area contributed by atoms with Gasteiger partial charge in [0, 0.05) is 22.2 Å². The van der Waals surface area contributed by atoms with Gasteiger partial charge in [0.1, 0.15) is 5.90 Å². The fraction of sp³-hybridized carbons (Fsp3) is 0.0769. The van der Waals surface area contributed by atoms with E-state index in [0.29, 0.717) is 4.47 Å². The number of hydrogen-bond donors (Lipinski definition) is 0. The molecule has 0 unspecified atom stereocenters. The number of aromatic nitrogens is 1. The lowest BCUT2D eigenvalue weighted by Crippen LogP contribution is -2.42. The third-order valence-corrected chi connectivity index (χ3v) is 2.91. The third kappa shape index (κ3) is 3.14. The first kappa shape index (κ1) is 13.6. The Morgan fingerprint density at radius 1 is 1.11 bits per heavy atom. The molecule has 1 heterocycles. The van der Waals surface area contributed by atoms with Gasteiger partial charge in [0.15, 0.2) is 0 Å². The molecule has 0 saturated heterocycles. The standard InChI is InChI=1S/C13H9BrF2N2O/c14-11-6-4-10(5-7-11)13(15,16)12(19)17-18-8-2-1-3-9-18/h1-9H. The number of benzene rings is 1. The smallest absolute Gasteiger partial charge is 0.307 e. The van der Waals surface area contributed by atoms with E-state index in [4.69, 9.17) is 0 Å². The van der Waals surface area contributed by atoms with Crippen LogP contribution in [0.25, 0.3) is 0 Å². The molecule has 98 valence electrons. The number of alkyl halides is 2. The summed E-state index contributed by atoms with van der Waals surface area (Å²) in [5.41, 5.74) is -0.388. The van der Waals surface area contributed by atoms with E-state index in [1.165, 1.54) is 36.7 Å². The van der Waals surface area contributed by atoms with Crippen molar-refractivity contribution < 1.29 is 18.6 Å². The van der Waals surface area contributed by atoms with E-state index in [0.717, 1.165) is 4.68 Å². The summed E-state index contributed by atoms with van der Waals surface area (Å²) in [6.07, 6.45) is 2.82. The van der Waals surface area contributed by atoms with Gasteiger partial charge in [0.05, 0.1) is 0 Å². The van der Waals surface area contributed by atoms with E-state index in [-0.39, 0.29) is 5.56 Å². The fourth-order valence-corrected chi connectivity index (χ4v) is 1.67. The lowest BCUT2D eigenvalue weighted by Gasteiger charge is -2.20. The summed E-state index contributed by atoms with van der Waals surface area (Å²) < 4.78 is 29.5. The Morgan fingerprint density at radius 2 is 1.68 bits per heavy atom. The molecule has 0 N–H and O–H groups in total. The average molecular weight is 327 g/mol. The number of hydrogen-bond acceptors (Lipinski definition) is 2. The second kappa shape index (κ2) is 5.44. The van der Waals surface area contributed by atoms with Crippen LogP contribution in [0.1, 0.15) is 5.56 Å². The van der Waals surface area contributed by atoms with Crippen LogP contribution in [0.5, 0.6) is 0 Å². The van der Waals surface area contributed by atoms with E-state index in [1.807, 2.05) is 0 Å². The van der Waals surface area contributed by atoms with Gasteiger partial charge in [-0.15, -0.1) is 0 Å². The highest BCUT2D eigenvalue weighted by molar-refractivity contribution is 9.10. The molecule has 0 amide bonds. The molecule has 0 radical (unpaired) electrons. The van der Waals surface area contributed by atoms with Gasteiger partial charge in [0.25, 0.3) is 0 Å². The predicted octanol–water partition coefficient (Wildman–Crippen LogP) is 2.05. The molecule has 0 bridgehead atoms. The molecule has 19 heavy (non-hydrogen) atoms. The Morgan fingerprint density at radius 3 is 2.26 bits per heavy atom. The molecule has 1 aromatic heterocycles. The van der Waals surface area contributed by atoms with Crippen LogP contribution >= 0.6 is 15.9 Å². The molecule has 3 nitrogen and oxygen atoms in total. The molecular formula is C13H9BrF2N2O. The summed E-state index contributed by atoms with van der Waals surface area (Å²) in [7, 11) is 0. The van der Waals surface area contributed by atoms with Crippen molar-refractivity contribution in [2.45, 2.75) is 5.92 Å². The normalized spacial score (nSPS) is 12.5. The van der Waals surface area contributed by atoms with Gasteiger partial charge >= 0.3 is 5.92 Å². The monoisotopic (exact) mass is 326 g/mol. The molecule has 0 aliphatic rings. The molecule has 0 aliphatic carbocycles. The maximum atomic E-state index is 13.9. The van der Waals surface area contributed by atoms with Crippen LogP contribution in [0.3, 0.4) is 0 Å². The highest BCUT2D eigenvalue weighted by Crippen LogP contribution is 2.28. The van der Waals surface area contributed by atoms with Crippen molar-refractivity contribution in [1.29, 1.82) is 0 Å². The first-order valence-corrected chi connectivity index (χ1v) is 6.16. The van der Waals surface area contributed by atoms with E-state index in [9.17, 15) is 13.9 Å². The molecule has 1 aromatic carbocycles. The number of pyridine rings is 1. The van der Waals surface area contributed by atoms with Crippen molar-refractivity contribution in [2.75, 3.05) is 0 Å². The summed E-state index contributed by atoms with van der Waals surface area (Å²) in [5, 5.41) is 14.9. The van der Waals surface area contributed by atoms with Crippen LogP contribution in [0.2, 0.25) is 0 Å². The van der Waals surface area contributed by atoms with E-state index in [2.05, 4.69) is 21.0 Å². The third-order valence-electron chi connectivity index (χ3n) is 2.38. The number of nitrogens with zero attached hydrogens (tertiary/aromatic N) is 2. The molecule has 0 atom stereocenters. The van der Waals surface area contributed by atoms with Gasteiger partial charge in [0.2, 0.25) is 12.4 Å². The molecule has 0 fully saturated rings. The van der Waals surface area contributed by atoms with Crippen molar-refractivity contribution >= 4 is 21.8 Å². The van der Waals surface area contributed by atoms with Gasteiger partial charge in [-0.05, 0) is 17.2 Å². The van der Waals surface area contributed by atoms with Crippen molar-refractivity contribution in [1.82, 2.24) is 0 Å². The van der Waals surface area contributed by atoms with E-state index < -0.39 is 11.8 Å². The maximum absolute atomic E-state index is 13.9. The summed E-state index contributed by atoms with van der Waals surface area (Å²) in [5.74, 6) is -5.16. The Kier molecular flexibility index (Phi) is 3.90. The average Bonchev–Trinajstić information content (AvgIpc) is 2.40. The van der Waals surface area contributed by atoms with Gasteiger partial charge in [-0.3, -0.25) is 0 Å². The fourth-order valence-electron chi connectivity index (χ4n) is 1.41. The zero-order valence-corrected chi connectivity index (χ0v) is 11.2. The van der Waals surface area contributed by atoms with Crippen molar-refractivity contribution in [3.05, 3.63) is 64.9 Å². The molecule has 0 aliphatic heterocycles. The van der Waals surface area contributed by atoms with E-state index >= 15 is 0 Å². The van der Waals surface area contributed by atoms with Gasteiger partial charge in [-0.1, -0.05) is 38.8 Å². The summed E-state index contributed by atoms with van der Waals surface area (Å²) in [6, 6.07) is 10.2. The van der Waals surface area contributed by atoms with E-state index in [1.54, 1.807) is 18.2 Å². The minimum Gasteiger partial charge on any atom is -0.853 e. The number of rotatable bonds is 3. The lowest BCUT2D eigenvalue weighted by molar-refractivity contribution is -0.682. The molecular weight excluding hydrogens is 318 g/mol. The zero-order chi connectivity index (χ0) is 13.9. The first-order chi connectivity index (χ1) is 9.00. The van der Waals surface area contributed by atoms with Crippen LogP contribution in [-0.4, -0.2) is 5.90 Å². The topological polar surface area (TPSA) is 39.3 Å². The van der Waals surface area contributed by atoms with Crippen LogP contribution in [-0.2, 0) is 5.92 Å². The maximum Gasteiger partial charge on any atom is 0.307 e. The minimum atomic E-state index is -3.65. The lowest BCUT2D eigenvalue weighted by atomic mass is 10.1. The molecule has 0 spiro atoms. The molecule has 2 rings (SSSR count). The summed E-state index contributed by atoms with van der Waals surface area (Å²) in [6.45, 7) is 0. The Bertz CT molecular complexity index is 585. The summed E-state index contributed by atoms with van der Waals surface area (Å²) in [4.78, 5) is 0. The van der Waals surface area contributed by atoms with Crippen LogP contribution in [0, 0.1) is 0 Å². The van der Waals surface area contributed by atoms with Crippen LogP contribution in [0.15, 0.2) is 64.4 Å². The molecule has 0 saturated carbocycles. The van der Waals surface area contributed by atoms with Gasteiger partial charge < -0.3 is 5.11 Å². The largest absolute Gasteiger partial charge is 0.853 e. The quantitative estimate of drug-likeness (QED) is 0.483. The van der Waals surface area contributed by atoms with Crippen molar-refractivity contribution in [2.24, 2.45) is 5.10 Å². The number of halogens is 3. The summed E-state index contributed by atoms with van der Waals surface area (Å²) >= 11 is 3.15. The highest BCUT2D eigenvalue weighted by atomic mass is 79.9.